The maximum Gasteiger partial charge on any atom is 0.268 e. The van der Waals surface area contributed by atoms with Crippen LogP contribution in [0.15, 0.2) is 36.5 Å². The van der Waals surface area contributed by atoms with Crippen LogP contribution >= 0.6 is 11.6 Å². The third kappa shape index (κ3) is 3.69. The monoisotopic (exact) mass is 360 g/mol. The molecule has 1 aromatic carbocycles. The Labute approximate surface area is 153 Å². The molecule has 5 heteroatoms. The van der Waals surface area contributed by atoms with Gasteiger partial charge in [0.05, 0.1) is 0 Å². The van der Waals surface area contributed by atoms with E-state index in [-0.39, 0.29) is 23.1 Å². The van der Waals surface area contributed by atoms with Gasteiger partial charge in [0.2, 0.25) is 0 Å². The first-order chi connectivity index (χ1) is 11.9. The van der Waals surface area contributed by atoms with Gasteiger partial charge in [0, 0.05) is 28.7 Å². The molecule has 3 rings (SSSR count). The van der Waals surface area contributed by atoms with Gasteiger partial charge in [0.1, 0.15) is 11.4 Å². The Morgan fingerprint density at radius 2 is 2.00 bits per heavy atom. The average Bonchev–Trinajstić information content (AvgIpc) is 2.94. The van der Waals surface area contributed by atoms with Crippen molar-refractivity contribution in [3.05, 3.63) is 52.8 Å². The zero-order valence-electron chi connectivity index (χ0n) is 14.7. The van der Waals surface area contributed by atoms with Gasteiger partial charge in [-0.3, -0.25) is 4.79 Å². The minimum atomic E-state index is -0.175. The van der Waals surface area contributed by atoms with Crippen LogP contribution in [0, 0.1) is 5.92 Å². The number of halogens is 1. The minimum absolute atomic E-state index is 0.0420. The number of nitrogens with one attached hydrogen (secondary N) is 2. The maximum atomic E-state index is 12.6. The number of hydrogen-bond acceptors (Lipinski definition) is 2. The summed E-state index contributed by atoms with van der Waals surface area (Å²) < 4.78 is 0. The van der Waals surface area contributed by atoms with Gasteiger partial charge in [-0.2, -0.15) is 0 Å². The predicted octanol–water partition coefficient (Wildman–Crippen LogP) is 4.64. The number of rotatable bonds is 6. The highest BCUT2D eigenvalue weighted by Crippen LogP contribution is 2.48. The first-order valence-electron chi connectivity index (χ1n) is 8.85. The molecule has 0 spiro atoms. The zero-order chi connectivity index (χ0) is 18.0. The summed E-state index contributed by atoms with van der Waals surface area (Å²) in [6, 6.07) is 9.52. The Hall–Kier alpha value is -1.94. The summed E-state index contributed by atoms with van der Waals surface area (Å²) in [4.78, 5) is 15.5. The summed E-state index contributed by atoms with van der Waals surface area (Å²) in [5.74, 6) is 0.361. The van der Waals surface area contributed by atoms with Crippen molar-refractivity contribution in [3.63, 3.8) is 0 Å². The number of benzene rings is 1. The summed E-state index contributed by atoms with van der Waals surface area (Å²) in [5.41, 5.74) is 1.58. The molecule has 0 aliphatic heterocycles. The van der Waals surface area contributed by atoms with Gasteiger partial charge in [-0.15, -0.1) is 0 Å². The van der Waals surface area contributed by atoms with Crippen molar-refractivity contribution in [2.24, 2.45) is 5.92 Å². The van der Waals surface area contributed by atoms with E-state index in [9.17, 15) is 9.90 Å². The summed E-state index contributed by atoms with van der Waals surface area (Å²) in [6.45, 7) is 4.35. The van der Waals surface area contributed by atoms with Crippen LogP contribution in [0.4, 0.5) is 0 Å². The van der Waals surface area contributed by atoms with Crippen molar-refractivity contribution in [1.29, 1.82) is 0 Å². The lowest BCUT2D eigenvalue weighted by Gasteiger charge is -2.49. The van der Waals surface area contributed by atoms with Gasteiger partial charge in [-0.25, -0.2) is 0 Å². The Morgan fingerprint density at radius 3 is 2.48 bits per heavy atom. The highest BCUT2D eigenvalue weighted by molar-refractivity contribution is 6.30. The minimum Gasteiger partial charge on any atom is -0.506 e. The lowest BCUT2D eigenvalue weighted by atomic mass is 9.59. The number of carbonyl (C=O) groups excluding carboxylic acids is 1. The Kier molecular flexibility index (Phi) is 5.09. The molecule has 0 bridgehead atoms. The van der Waals surface area contributed by atoms with E-state index in [1.807, 2.05) is 12.1 Å². The lowest BCUT2D eigenvalue weighted by Crippen LogP contribution is -2.55. The number of aromatic hydroxyl groups is 1. The highest BCUT2D eigenvalue weighted by Gasteiger charge is 2.46. The van der Waals surface area contributed by atoms with E-state index in [1.165, 1.54) is 17.8 Å². The largest absolute Gasteiger partial charge is 0.506 e. The highest BCUT2D eigenvalue weighted by atomic mass is 35.5. The second-order valence-electron chi connectivity index (χ2n) is 7.44. The van der Waals surface area contributed by atoms with Gasteiger partial charge in [-0.05, 0) is 42.9 Å². The second-order valence-corrected chi connectivity index (χ2v) is 7.88. The van der Waals surface area contributed by atoms with Crippen LogP contribution in [0.2, 0.25) is 5.02 Å². The number of hydrogen-bond donors (Lipinski definition) is 3. The van der Waals surface area contributed by atoms with E-state index in [2.05, 4.69) is 36.3 Å². The van der Waals surface area contributed by atoms with Crippen molar-refractivity contribution in [1.82, 2.24) is 10.3 Å². The van der Waals surface area contributed by atoms with Crippen LogP contribution in [-0.4, -0.2) is 22.0 Å². The molecule has 1 heterocycles. The first-order valence-corrected chi connectivity index (χ1v) is 9.23. The fourth-order valence-corrected chi connectivity index (χ4v) is 3.95. The van der Waals surface area contributed by atoms with Crippen LogP contribution in [0.5, 0.6) is 5.75 Å². The molecule has 0 radical (unpaired) electrons. The van der Waals surface area contributed by atoms with Crippen LogP contribution in [0.3, 0.4) is 0 Å². The zero-order valence-corrected chi connectivity index (χ0v) is 15.4. The van der Waals surface area contributed by atoms with Gasteiger partial charge in [0.15, 0.2) is 0 Å². The maximum absolute atomic E-state index is 12.6. The van der Waals surface area contributed by atoms with Crippen molar-refractivity contribution in [2.45, 2.75) is 51.0 Å². The quantitative estimate of drug-likeness (QED) is 0.702. The molecular formula is C20H25ClN2O2. The molecule has 1 saturated carbocycles. The molecule has 4 nitrogen and oxygen atoms in total. The molecule has 1 aliphatic carbocycles. The fraction of sp³-hybridized carbons (Fsp3) is 0.450. The van der Waals surface area contributed by atoms with Crippen LogP contribution in [0.1, 0.15) is 55.6 Å². The molecule has 1 unspecified atom stereocenters. The Morgan fingerprint density at radius 1 is 1.32 bits per heavy atom. The lowest BCUT2D eigenvalue weighted by molar-refractivity contribution is 0.0842. The molecule has 3 N–H and O–H groups in total. The number of carbonyl (C=O) groups is 1. The van der Waals surface area contributed by atoms with E-state index in [1.54, 1.807) is 0 Å². The van der Waals surface area contributed by atoms with E-state index in [0.29, 0.717) is 11.6 Å². The molecule has 0 saturated heterocycles. The molecular weight excluding hydrogens is 336 g/mol. The molecule has 1 aliphatic rings. The Bertz CT molecular complexity index is 732. The molecule has 2 aromatic rings. The van der Waals surface area contributed by atoms with Gasteiger partial charge in [0.25, 0.3) is 5.91 Å². The summed E-state index contributed by atoms with van der Waals surface area (Å²) in [5, 5.41) is 13.4. The summed E-state index contributed by atoms with van der Waals surface area (Å²) in [7, 11) is 0. The molecule has 1 fully saturated rings. The normalized spacial score (nSPS) is 17.1. The average molecular weight is 361 g/mol. The number of H-pyrrole nitrogens is 1. The van der Waals surface area contributed by atoms with Gasteiger partial charge >= 0.3 is 0 Å². The number of amides is 1. The van der Waals surface area contributed by atoms with Crippen molar-refractivity contribution in [2.75, 3.05) is 0 Å². The van der Waals surface area contributed by atoms with Crippen molar-refractivity contribution in [3.8, 4) is 5.75 Å². The van der Waals surface area contributed by atoms with Crippen LogP contribution in [0.25, 0.3) is 0 Å². The van der Waals surface area contributed by atoms with Crippen molar-refractivity contribution >= 4 is 17.5 Å². The summed E-state index contributed by atoms with van der Waals surface area (Å²) >= 11 is 6.06. The molecule has 1 aromatic heterocycles. The SMILES string of the molecule is CC(C)CC(NC(=O)c1cc(O)c[nH]1)C1(c2ccc(Cl)cc2)CCC1. The Balaban J connectivity index is 1.88. The van der Waals surface area contributed by atoms with E-state index in [0.717, 1.165) is 30.7 Å². The standard InChI is InChI=1S/C20H25ClN2O2/c1-13(2)10-18(23-19(25)17-11-16(24)12-22-17)20(8-3-9-20)14-4-6-15(21)7-5-14/h4-7,11-13,18,22,24H,3,8-10H2,1-2H3,(H,23,25). The van der Waals surface area contributed by atoms with Crippen LogP contribution in [-0.2, 0) is 5.41 Å². The van der Waals surface area contributed by atoms with Crippen LogP contribution < -0.4 is 5.32 Å². The molecule has 134 valence electrons. The topological polar surface area (TPSA) is 65.1 Å². The van der Waals surface area contributed by atoms with Gasteiger partial charge < -0.3 is 15.4 Å². The smallest absolute Gasteiger partial charge is 0.268 e. The van der Waals surface area contributed by atoms with Gasteiger partial charge in [-0.1, -0.05) is 44.0 Å². The fourth-order valence-electron chi connectivity index (χ4n) is 3.82. The number of aromatic nitrogens is 1. The van der Waals surface area contributed by atoms with E-state index < -0.39 is 0 Å². The van der Waals surface area contributed by atoms with E-state index >= 15 is 0 Å². The first kappa shape index (κ1) is 17.9. The molecule has 1 atom stereocenters. The van der Waals surface area contributed by atoms with Crippen molar-refractivity contribution < 1.29 is 9.90 Å². The number of aromatic amines is 1. The molecule has 1 amide bonds. The third-order valence-electron chi connectivity index (χ3n) is 5.26. The summed E-state index contributed by atoms with van der Waals surface area (Å²) in [6.07, 6.45) is 5.60. The predicted molar refractivity (Wildman–Crippen MR) is 100 cm³/mol. The molecule has 25 heavy (non-hydrogen) atoms. The van der Waals surface area contributed by atoms with E-state index in [4.69, 9.17) is 11.6 Å². The second kappa shape index (κ2) is 7.12. The third-order valence-corrected chi connectivity index (χ3v) is 5.51.